The molecule has 2 aromatic rings. The van der Waals surface area contributed by atoms with Crippen LogP contribution in [0.4, 0.5) is 11.4 Å². The molecule has 0 aromatic heterocycles. The summed E-state index contributed by atoms with van der Waals surface area (Å²) in [7, 11) is 0. The van der Waals surface area contributed by atoms with Crippen molar-refractivity contribution in [2.45, 2.75) is 6.92 Å². The first-order chi connectivity index (χ1) is 15.4. The highest BCUT2D eigenvalue weighted by atomic mass is 32.1. The number of nitrogens with zero attached hydrogens (tertiary/aromatic N) is 2. The number of para-hydroxylation sites is 1. The van der Waals surface area contributed by atoms with Crippen LogP contribution < -0.4 is 25.4 Å². The van der Waals surface area contributed by atoms with Crippen LogP contribution in [0.3, 0.4) is 0 Å². The number of hydrazine groups is 1. The summed E-state index contributed by atoms with van der Waals surface area (Å²) in [5.41, 5.74) is 4.12. The second-order valence-corrected chi connectivity index (χ2v) is 7.42. The molecule has 2 saturated heterocycles. The second-order valence-electron chi connectivity index (χ2n) is 7.03. The van der Waals surface area contributed by atoms with E-state index in [9.17, 15) is 14.4 Å². The highest BCUT2D eigenvalue weighted by Gasteiger charge is 2.39. The number of anilines is 2. The predicted molar refractivity (Wildman–Crippen MR) is 124 cm³/mol. The molecule has 2 N–H and O–H groups in total. The molecule has 8 nitrogen and oxygen atoms in total. The third kappa shape index (κ3) is 3.85. The molecule has 0 aliphatic carbocycles. The third-order valence-electron chi connectivity index (χ3n) is 4.95. The lowest BCUT2D eigenvalue weighted by Gasteiger charge is -2.29. The van der Waals surface area contributed by atoms with Gasteiger partial charge in [-0.25, -0.2) is 5.01 Å². The molecule has 4 rings (SSSR count). The third-order valence-corrected chi connectivity index (χ3v) is 5.24. The van der Waals surface area contributed by atoms with Crippen molar-refractivity contribution in [1.29, 1.82) is 0 Å². The molecule has 162 valence electrons. The van der Waals surface area contributed by atoms with Gasteiger partial charge in [0.1, 0.15) is 17.2 Å². The summed E-state index contributed by atoms with van der Waals surface area (Å²) in [6.45, 7) is 6.19. The summed E-state index contributed by atoms with van der Waals surface area (Å²) in [6.07, 6.45) is 1.32. The molecule has 2 heterocycles. The van der Waals surface area contributed by atoms with Gasteiger partial charge in [0.05, 0.1) is 18.0 Å². The van der Waals surface area contributed by atoms with Gasteiger partial charge >= 0.3 is 0 Å². The minimum Gasteiger partial charge on any atom is -0.494 e. The van der Waals surface area contributed by atoms with Gasteiger partial charge in [0.2, 0.25) is 0 Å². The Bertz CT molecular complexity index is 1160. The molecule has 3 amide bonds. The van der Waals surface area contributed by atoms with Gasteiger partial charge in [0, 0.05) is 11.8 Å². The fourth-order valence-electron chi connectivity index (χ4n) is 3.45. The summed E-state index contributed by atoms with van der Waals surface area (Å²) in [5.74, 6) is -2.00. The molecule has 0 saturated carbocycles. The lowest BCUT2D eigenvalue weighted by Crippen LogP contribution is -2.54. The van der Waals surface area contributed by atoms with Gasteiger partial charge in [-0.3, -0.25) is 30.0 Å². The smallest absolute Gasteiger partial charge is 0.269 e. The maximum Gasteiger partial charge on any atom is 0.269 e. The molecular weight excluding hydrogens is 428 g/mol. The number of ether oxygens (including phenoxy) is 1. The number of benzene rings is 2. The molecule has 2 fully saturated rings. The number of thiocarbonyl (C=S) groups is 1. The molecule has 32 heavy (non-hydrogen) atoms. The molecular formula is C23H20N4O4S. The van der Waals surface area contributed by atoms with Crippen molar-refractivity contribution in [3.05, 3.63) is 78.5 Å². The molecule has 9 heteroatoms. The van der Waals surface area contributed by atoms with E-state index >= 15 is 0 Å². The molecule has 0 radical (unpaired) electrons. The lowest BCUT2D eigenvalue weighted by atomic mass is 10.0. The first-order valence-corrected chi connectivity index (χ1v) is 10.3. The molecule has 2 aromatic carbocycles. The van der Waals surface area contributed by atoms with Crippen molar-refractivity contribution in [3.8, 4) is 5.75 Å². The molecule has 2 aliphatic rings. The Morgan fingerprint density at radius 2 is 1.81 bits per heavy atom. The topological polar surface area (TPSA) is 91.0 Å². The average Bonchev–Trinajstić information content (AvgIpc) is 3.05. The average molecular weight is 449 g/mol. The number of amides is 3. The van der Waals surface area contributed by atoms with Gasteiger partial charge in [-0.1, -0.05) is 30.8 Å². The van der Waals surface area contributed by atoms with Gasteiger partial charge in [-0.2, -0.15) is 0 Å². The zero-order valence-electron chi connectivity index (χ0n) is 17.2. The van der Waals surface area contributed by atoms with E-state index < -0.39 is 17.7 Å². The minimum absolute atomic E-state index is 0.0496. The van der Waals surface area contributed by atoms with Crippen molar-refractivity contribution >= 4 is 46.4 Å². The van der Waals surface area contributed by atoms with Crippen LogP contribution in [0.15, 0.2) is 78.5 Å². The van der Waals surface area contributed by atoms with Crippen molar-refractivity contribution in [2.24, 2.45) is 5.92 Å². The van der Waals surface area contributed by atoms with Gasteiger partial charge in [0.25, 0.3) is 17.7 Å². The number of carbonyl (C=O) groups is 3. The summed E-state index contributed by atoms with van der Waals surface area (Å²) in [6, 6.07) is 15.8. The quantitative estimate of drug-likeness (QED) is 0.415. The summed E-state index contributed by atoms with van der Waals surface area (Å²) in [5, 5.41) is 3.81. The fourth-order valence-corrected chi connectivity index (χ4v) is 3.74. The Labute approximate surface area is 190 Å². The Morgan fingerprint density at radius 1 is 1.09 bits per heavy atom. The highest BCUT2D eigenvalue weighted by molar-refractivity contribution is 7.80. The largest absolute Gasteiger partial charge is 0.494 e. The van der Waals surface area contributed by atoms with E-state index in [0.29, 0.717) is 29.4 Å². The number of carbonyl (C=O) groups excluding carboxylic acids is 3. The summed E-state index contributed by atoms with van der Waals surface area (Å²) >= 11 is 5.24. The lowest BCUT2D eigenvalue weighted by molar-refractivity contribution is -0.122. The van der Waals surface area contributed by atoms with E-state index in [1.165, 1.54) is 16.0 Å². The summed E-state index contributed by atoms with van der Waals surface area (Å²) < 4.78 is 5.49. The highest BCUT2D eigenvalue weighted by Crippen LogP contribution is 2.29. The maximum absolute atomic E-state index is 13.3. The van der Waals surface area contributed by atoms with Gasteiger partial charge in [-0.05, 0) is 49.5 Å². The zero-order valence-corrected chi connectivity index (χ0v) is 18.0. The molecule has 2 aliphatic heterocycles. The van der Waals surface area contributed by atoms with Crippen LogP contribution in [-0.2, 0) is 14.4 Å². The van der Waals surface area contributed by atoms with E-state index in [-0.39, 0.29) is 16.6 Å². The van der Waals surface area contributed by atoms with Crippen molar-refractivity contribution < 1.29 is 19.1 Å². The van der Waals surface area contributed by atoms with E-state index in [1.54, 1.807) is 48.5 Å². The molecule has 1 atom stereocenters. The SMILES string of the molecule is C=C1NN(c2ccccc2)C(=O)[C@H]1/C=C1\C(=O)NC(=S)N(c2cccc(OCC)c2)C1=O. The number of nitrogens with one attached hydrogen (secondary N) is 2. The van der Waals surface area contributed by atoms with Gasteiger partial charge in [0.15, 0.2) is 5.11 Å². The fraction of sp³-hybridized carbons (Fsp3) is 0.130. The number of hydrogen-bond donors (Lipinski definition) is 2. The van der Waals surface area contributed by atoms with Crippen molar-refractivity contribution in [1.82, 2.24) is 10.7 Å². The minimum atomic E-state index is -0.900. The first-order valence-electron chi connectivity index (χ1n) is 9.89. The van der Waals surface area contributed by atoms with Crippen LogP contribution in [0.5, 0.6) is 5.75 Å². The van der Waals surface area contributed by atoms with Crippen LogP contribution in [0.25, 0.3) is 0 Å². The Balaban J connectivity index is 1.65. The number of rotatable bonds is 5. The summed E-state index contributed by atoms with van der Waals surface area (Å²) in [4.78, 5) is 40.1. The predicted octanol–water partition coefficient (Wildman–Crippen LogP) is 2.44. The van der Waals surface area contributed by atoms with E-state index in [4.69, 9.17) is 17.0 Å². The standard InChI is InChI=1S/C23H20N4O4S/c1-3-31-17-11-7-10-16(12-17)26-21(29)19(20(28)24-23(26)32)13-18-14(2)25-27(22(18)30)15-8-5-4-6-9-15/h4-13,18,25H,2-3H2,1H3,(H,24,28,32)/b19-13+/t18-/m0/s1. The van der Waals surface area contributed by atoms with Crippen LogP contribution in [0.1, 0.15) is 6.92 Å². The maximum atomic E-state index is 13.3. The second kappa shape index (κ2) is 8.64. The van der Waals surface area contributed by atoms with E-state index in [0.717, 1.165) is 0 Å². The monoisotopic (exact) mass is 448 g/mol. The molecule has 0 bridgehead atoms. The molecule has 0 spiro atoms. The van der Waals surface area contributed by atoms with Gasteiger partial charge < -0.3 is 4.74 Å². The first kappa shape index (κ1) is 21.3. The Hall–Kier alpha value is -3.98. The van der Waals surface area contributed by atoms with Crippen molar-refractivity contribution in [2.75, 3.05) is 16.5 Å². The van der Waals surface area contributed by atoms with Crippen LogP contribution in [-0.4, -0.2) is 29.4 Å². The van der Waals surface area contributed by atoms with Crippen molar-refractivity contribution in [3.63, 3.8) is 0 Å². The zero-order chi connectivity index (χ0) is 22.8. The van der Waals surface area contributed by atoms with E-state index in [1.807, 2.05) is 13.0 Å². The van der Waals surface area contributed by atoms with E-state index in [2.05, 4.69) is 17.3 Å². The molecule has 0 unspecified atom stereocenters. The van der Waals surface area contributed by atoms with Crippen LogP contribution in [0.2, 0.25) is 0 Å². The number of hydrogen-bond acceptors (Lipinski definition) is 6. The Morgan fingerprint density at radius 3 is 2.53 bits per heavy atom. The Kier molecular flexibility index (Phi) is 5.74. The van der Waals surface area contributed by atoms with Crippen LogP contribution in [0, 0.1) is 5.92 Å². The van der Waals surface area contributed by atoms with Gasteiger partial charge in [-0.15, -0.1) is 0 Å². The normalized spacial score (nSPS) is 20.0. The van der Waals surface area contributed by atoms with Crippen LogP contribution >= 0.6 is 12.2 Å².